The molecule has 12 aromatic rings. The number of aromatic nitrogens is 4. The summed E-state index contributed by atoms with van der Waals surface area (Å²) in [6, 6.07) is 82.2. The van der Waals surface area contributed by atoms with Crippen LogP contribution in [-0.2, 0) is 0 Å². The molecule has 62 heavy (non-hydrogen) atoms. The zero-order chi connectivity index (χ0) is 41.0. The first kappa shape index (κ1) is 35.6. The Morgan fingerprint density at radius 2 is 0.790 bits per heavy atom. The van der Waals surface area contributed by atoms with Gasteiger partial charge in [-0.1, -0.05) is 170 Å². The fraction of sp³-hybridized carbons (Fsp3) is 0. The lowest BCUT2D eigenvalue weighted by molar-refractivity contribution is 1.17. The fourth-order valence-electron chi connectivity index (χ4n) is 9.27. The van der Waals surface area contributed by atoms with E-state index in [4.69, 9.17) is 9.97 Å². The van der Waals surface area contributed by atoms with Crippen molar-refractivity contribution in [2.45, 2.75) is 0 Å². The van der Waals surface area contributed by atoms with Crippen LogP contribution in [0, 0.1) is 0 Å². The zero-order valence-corrected chi connectivity index (χ0v) is 33.7. The van der Waals surface area contributed by atoms with E-state index in [0.717, 1.165) is 56.1 Å². The summed E-state index contributed by atoms with van der Waals surface area (Å²) in [4.78, 5) is 10.1. The van der Waals surface area contributed by atoms with Crippen molar-refractivity contribution in [2.24, 2.45) is 0 Å². The molecule has 0 aliphatic rings. The maximum atomic E-state index is 5.12. The zero-order valence-electron chi connectivity index (χ0n) is 33.7. The Morgan fingerprint density at radius 1 is 0.274 bits per heavy atom. The van der Waals surface area contributed by atoms with Gasteiger partial charge in [0.15, 0.2) is 5.82 Å². The standard InChI is InChI=1S/C58H38N4/c1-4-17-39(18-5-1)52-38-53(60-58(59-52)40-19-6-2-7-20-40)44-23-14-21-41(35-44)42-33-34-56-51(37-42)49-28-11-12-31-54(49)61(56)46-26-15-22-43(36-46)47-29-16-30-50-48-27-10-13-32-55(48)62(57(47)50)45-24-8-3-9-25-45/h1-38H. The summed E-state index contributed by atoms with van der Waals surface area (Å²) < 4.78 is 4.83. The van der Waals surface area contributed by atoms with Crippen LogP contribution in [0.25, 0.3) is 111 Å². The quantitative estimate of drug-likeness (QED) is 0.161. The van der Waals surface area contributed by atoms with Crippen molar-refractivity contribution in [3.8, 4) is 67.5 Å². The molecule has 0 radical (unpaired) electrons. The summed E-state index contributed by atoms with van der Waals surface area (Å²) >= 11 is 0. The highest BCUT2D eigenvalue weighted by atomic mass is 15.0. The van der Waals surface area contributed by atoms with E-state index in [1.807, 2.05) is 24.3 Å². The van der Waals surface area contributed by atoms with E-state index in [0.29, 0.717) is 5.82 Å². The van der Waals surface area contributed by atoms with Crippen LogP contribution >= 0.6 is 0 Å². The number of nitrogens with zero attached hydrogens (tertiary/aromatic N) is 4. The van der Waals surface area contributed by atoms with Crippen LogP contribution in [0.5, 0.6) is 0 Å². The third-order valence-corrected chi connectivity index (χ3v) is 12.1. The lowest BCUT2D eigenvalue weighted by Gasteiger charge is -2.14. The average Bonchev–Trinajstić information content (AvgIpc) is 3.88. The van der Waals surface area contributed by atoms with Crippen molar-refractivity contribution in [2.75, 3.05) is 0 Å². The molecule has 0 atom stereocenters. The first-order chi connectivity index (χ1) is 30.7. The molecule has 9 aromatic carbocycles. The van der Waals surface area contributed by atoms with Gasteiger partial charge in [-0.2, -0.15) is 0 Å². The molecule has 0 bridgehead atoms. The van der Waals surface area contributed by atoms with Crippen molar-refractivity contribution >= 4 is 43.6 Å². The lowest BCUT2D eigenvalue weighted by Crippen LogP contribution is -1.97. The molecule has 12 rings (SSSR count). The van der Waals surface area contributed by atoms with E-state index in [2.05, 4.69) is 215 Å². The molecule has 0 saturated heterocycles. The Labute approximate surface area is 359 Å². The van der Waals surface area contributed by atoms with Gasteiger partial charge >= 0.3 is 0 Å². The van der Waals surface area contributed by atoms with Gasteiger partial charge in [-0.15, -0.1) is 0 Å². The largest absolute Gasteiger partial charge is 0.309 e. The molecule has 0 fully saturated rings. The Balaban J connectivity index is 0.979. The van der Waals surface area contributed by atoms with E-state index in [9.17, 15) is 0 Å². The Bertz CT molecular complexity index is 3560. The van der Waals surface area contributed by atoms with E-state index in [-0.39, 0.29) is 0 Å². The molecule has 3 heterocycles. The van der Waals surface area contributed by atoms with Gasteiger partial charge in [-0.25, -0.2) is 9.97 Å². The number of fused-ring (bicyclic) bond motifs is 6. The smallest absolute Gasteiger partial charge is 0.160 e. The number of benzene rings is 9. The van der Waals surface area contributed by atoms with Gasteiger partial charge in [0, 0.05) is 55.2 Å². The first-order valence-electron chi connectivity index (χ1n) is 21.1. The van der Waals surface area contributed by atoms with Gasteiger partial charge in [0.1, 0.15) is 0 Å². The number of hydrogen-bond acceptors (Lipinski definition) is 2. The molecular weight excluding hydrogens is 753 g/mol. The van der Waals surface area contributed by atoms with E-state index in [1.165, 1.54) is 49.2 Å². The number of para-hydroxylation sites is 4. The van der Waals surface area contributed by atoms with Crippen LogP contribution < -0.4 is 0 Å². The average molecular weight is 791 g/mol. The van der Waals surface area contributed by atoms with E-state index < -0.39 is 0 Å². The maximum Gasteiger partial charge on any atom is 0.160 e. The monoisotopic (exact) mass is 790 g/mol. The second-order valence-electron chi connectivity index (χ2n) is 15.8. The molecule has 4 heteroatoms. The molecule has 4 nitrogen and oxygen atoms in total. The minimum absolute atomic E-state index is 0.709. The highest BCUT2D eigenvalue weighted by Crippen LogP contribution is 2.41. The number of hydrogen-bond donors (Lipinski definition) is 0. The second kappa shape index (κ2) is 14.7. The van der Waals surface area contributed by atoms with Gasteiger partial charge in [0.2, 0.25) is 0 Å². The van der Waals surface area contributed by atoms with Crippen molar-refractivity contribution in [1.29, 1.82) is 0 Å². The number of rotatable bonds is 7. The van der Waals surface area contributed by atoms with E-state index >= 15 is 0 Å². The van der Waals surface area contributed by atoms with Crippen LogP contribution in [0.15, 0.2) is 231 Å². The highest BCUT2D eigenvalue weighted by Gasteiger charge is 2.19. The van der Waals surface area contributed by atoms with Crippen LogP contribution in [0.4, 0.5) is 0 Å². The third-order valence-electron chi connectivity index (χ3n) is 12.1. The molecule has 0 saturated carbocycles. The molecule has 0 aliphatic carbocycles. The predicted molar refractivity (Wildman–Crippen MR) is 258 cm³/mol. The van der Waals surface area contributed by atoms with Gasteiger partial charge < -0.3 is 9.13 Å². The summed E-state index contributed by atoms with van der Waals surface area (Å²) in [5.74, 6) is 0.709. The minimum Gasteiger partial charge on any atom is -0.309 e. The summed E-state index contributed by atoms with van der Waals surface area (Å²) in [5, 5.41) is 4.92. The topological polar surface area (TPSA) is 35.6 Å². The Morgan fingerprint density at radius 3 is 1.56 bits per heavy atom. The Kier molecular flexibility index (Phi) is 8.46. The van der Waals surface area contributed by atoms with Crippen LogP contribution in [0.2, 0.25) is 0 Å². The molecular formula is C58H38N4. The van der Waals surface area contributed by atoms with Crippen LogP contribution in [0.3, 0.4) is 0 Å². The second-order valence-corrected chi connectivity index (χ2v) is 15.8. The molecule has 0 aliphatic heterocycles. The predicted octanol–water partition coefficient (Wildman–Crippen LogP) is 15.0. The molecule has 290 valence electrons. The summed E-state index contributed by atoms with van der Waals surface area (Å²) in [7, 11) is 0. The molecule has 0 N–H and O–H groups in total. The lowest BCUT2D eigenvalue weighted by atomic mass is 9.99. The summed E-state index contributed by atoms with van der Waals surface area (Å²) in [5.41, 5.74) is 16.5. The van der Waals surface area contributed by atoms with Crippen LogP contribution in [-0.4, -0.2) is 19.1 Å². The molecule has 3 aromatic heterocycles. The first-order valence-corrected chi connectivity index (χ1v) is 21.1. The maximum absolute atomic E-state index is 5.12. The van der Waals surface area contributed by atoms with Gasteiger partial charge in [0.05, 0.1) is 33.5 Å². The third kappa shape index (κ3) is 6.00. The molecule has 0 spiro atoms. The van der Waals surface area contributed by atoms with Gasteiger partial charge in [0.25, 0.3) is 0 Å². The SMILES string of the molecule is c1ccc(-c2cc(-c3cccc(-c4ccc5c(c4)c4ccccc4n5-c4cccc(-c5cccc6c7ccccc7n(-c7ccccc7)c56)c4)c3)nc(-c3ccccc3)n2)cc1. The van der Waals surface area contributed by atoms with Gasteiger partial charge in [-0.05, 0) is 77.4 Å². The van der Waals surface area contributed by atoms with Crippen molar-refractivity contribution < 1.29 is 0 Å². The fourth-order valence-corrected chi connectivity index (χ4v) is 9.27. The summed E-state index contributed by atoms with van der Waals surface area (Å²) in [6.07, 6.45) is 0. The Hall–Kier alpha value is -8.34. The normalized spacial score (nSPS) is 11.5. The molecule has 0 unspecified atom stereocenters. The van der Waals surface area contributed by atoms with Crippen molar-refractivity contribution in [3.63, 3.8) is 0 Å². The van der Waals surface area contributed by atoms with Crippen LogP contribution in [0.1, 0.15) is 0 Å². The van der Waals surface area contributed by atoms with Crippen molar-refractivity contribution in [3.05, 3.63) is 231 Å². The van der Waals surface area contributed by atoms with Gasteiger partial charge in [-0.3, -0.25) is 0 Å². The minimum atomic E-state index is 0.709. The highest BCUT2D eigenvalue weighted by molar-refractivity contribution is 6.14. The molecule has 0 amide bonds. The van der Waals surface area contributed by atoms with E-state index in [1.54, 1.807) is 0 Å². The summed E-state index contributed by atoms with van der Waals surface area (Å²) in [6.45, 7) is 0. The van der Waals surface area contributed by atoms with Crippen molar-refractivity contribution in [1.82, 2.24) is 19.1 Å².